The number of likely N-dealkylation sites (N-methyl/N-ethyl adjacent to an activating group) is 1. The van der Waals surface area contributed by atoms with Gasteiger partial charge in [0.2, 0.25) is 0 Å². The first-order chi connectivity index (χ1) is 6.58. The summed E-state index contributed by atoms with van der Waals surface area (Å²) in [4.78, 5) is 14.0. The van der Waals surface area contributed by atoms with Crippen molar-refractivity contribution in [2.45, 2.75) is 33.7 Å². The lowest BCUT2D eigenvalue weighted by Gasteiger charge is -2.29. The number of rotatable bonds is 7. The maximum absolute atomic E-state index is 11.9. The summed E-state index contributed by atoms with van der Waals surface area (Å²) in [6.07, 6.45) is 0. The van der Waals surface area contributed by atoms with Gasteiger partial charge >= 0.3 is 0 Å². The summed E-state index contributed by atoms with van der Waals surface area (Å²) in [6, 6.07) is -0.0741. The Balaban J connectivity index is 4.47. The fourth-order valence-electron chi connectivity index (χ4n) is 1.57. The van der Waals surface area contributed by atoms with E-state index in [-0.39, 0.29) is 17.7 Å². The van der Waals surface area contributed by atoms with Crippen LogP contribution < -0.4 is 0 Å². The number of hydrogen-bond donors (Lipinski definition) is 0. The molecular weight excluding hydrogens is 178 g/mol. The average molecular weight is 201 g/mol. The van der Waals surface area contributed by atoms with Crippen molar-refractivity contribution >= 4 is 5.78 Å². The molecular formula is C11H23NO2. The Kier molecular flexibility index (Phi) is 6.75. The van der Waals surface area contributed by atoms with Crippen molar-refractivity contribution in [1.29, 1.82) is 0 Å². The zero-order valence-corrected chi connectivity index (χ0v) is 10.0. The number of ether oxygens (including phenoxy) is 1. The molecule has 0 amide bonds. The van der Waals surface area contributed by atoms with Gasteiger partial charge in [0.15, 0.2) is 5.78 Å². The topological polar surface area (TPSA) is 29.5 Å². The molecule has 0 radical (unpaired) electrons. The fourth-order valence-corrected chi connectivity index (χ4v) is 1.57. The van der Waals surface area contributed by atoms with Crippen LogP contribution in [0.5, 0.6) is 0 Å². The van der Waals surface area contributed by atoms with Crippen molar-refractivity contribution in [2.75, 3.05) is 26.8 Å². The Morgan fingerprint density at radius 3 is 2.07 bits per heavy atom. The number of carbonyl (C=O) groups is 1. The molecule has 3 nitrogen and oxygen atoms in total. The van der Waals surface area contributed by atoms with Crippen molar-refractivity contribution in [3.05, 3.63) is 0 Å². The third kappa shape index (κ3) is 3.76. The first-order valence-electron chi connectivity index (χ1n) is 5.35. The van der Waals surface area contributed by atoms with E-state index in [1.807, 2.05) is 13.8 Å². The predicted octanol–water partition coefficient (Wildman–Crippen LogP) is 1.57. The number of ketones is 1. The maximum atomic E-state index is 11.9. The standard InChI is InChI=1S/C11H23NO2/c1-6-12(7-2)10(8-14-5)11(13)9(3)4/h9-10H,6-8H2,1-5H3/t10-/m0/s1. The Morgan fingerprint density at radius 2 is 1.79 bits per heavy atom. The van der Waals surface area contributed by atoms with Gasteiger partial charge in [-0.1, -0.05) is 27.7 Å². The molecule has 3 heteroatoms. The van der Waals surface area contributed by atoms with Crippen LogP contribution in [-0.4, -0.2) is 43.5 Å². The largest absolute Gasteiger partial charge is 0.383 e. The molecule has 0 rings (SSSR count). The molecule has 0 saturated heterocycles. The minimum atomic E-state index is -0.0741. The number of Topliss-reactive ketones (excluding diaryl/α,β-unsaturated/α-hetero) is 1. The van der Waals surface area contributed by atoms with E-state index in [4.69, 9.17) is 4.74 Å². The van der Waals surface area contributed by atoms with Gasteiger partial charge in [-0.05, 0) is 13.1 Å². The van der Waals surface area contributed by atoms with E-state index in [0.717, 1.165) is 13.1 Å². The molecule has 0 aromatic rings. The van der Waals surface area contributed by atoms with Gasteiger partial charge in [-0.15, -0.1) is 0 Å². The molecule has 14 heavy (non-hydrogen) atoms. The molecule has 0 saturated carbocycles. The average Bonchev–Trinajstić information content (AvgIpc) is 2.17. The Hall–Kier alpha value is -0.410. The predicted molar refractivity (Wildman–Crippen MR) is 58.4 cm³/mol. The summed E-state index contributed by atoms with van der Waals surface area (Å²) < 4.78 is 5.10. The van der Waals surface area contributed by atoms with Crippen LogP contribution in [-0.2, 0) is 9.53 Å². The van der Waals surface area contributed by atoms with Gasteiger partial charge < -0.3 is 4.74 Å². The zero-order valence-electron chi connectivity index (χ0n) is 10.0. The van der Waals surface area contributed by atoms with Crippen LogP contribution in [0.1, 0.15) is 27.7 Å². The molecule has 0 aromatic carbocycles. The molecule has 0 heterocycles. The summed E-state index contributed by atoms with van der Waals surface area (Å²) in [7, 11) is 1.64. The summed E-state index contributed by atoms with van der Waals surface area (Å²) in [5, 5.41) is 0. The lowest BCUT2D eigenvalue weighted by Crippen LogP contribution is -2.45. The van der Waals surface area contributed by atoms with E-state index in [1.165, 1.54) is 0 Å². The number of hydrogen-bond acceptors (Lipinski definition) is 3. The van der Waals surface area contributed by atoms with Crippen LogP contribution in [0.25, 0.3) is 0 Å². The van der Waals surface area contributed by atoms with Gasteiger partial charge in [0, 0.05) is 13.0 Å². The Bertz CT molecular complexity index is 165. The molecule has 1 atom stereocenters. The highest BCUT2D eigenvalue weighted by Crippen LogP contribution is 2.07. The molecule has 0 aliphatic heterocycles. The van der Waals surface area contributed by atoms with Crippen molar-refractivity contribution < 1.29 is 9.53 Å². The highest BCUT2D eigenvalue weighted by atomic mass is 16.5. The number of methoxy groups -OCH3 is 1. The van der Waals surface area contributed by atoms with Gasteiger partial charge in [0.25, 0.3) is 0 Å². The summed E-state index contributed by atoms with van der Waals surface area (Å²) in [6.45, 7) is 10.3. The molecule has 0 aliphatic rings. The van der Waals surface area contributed by atoms with Gasteiger partial charge in [-0.3, -0.25) is 9.69 Å². The molecule has 0 bridgehead atoms. The molecule has 0 aromatic heterocycles. The van der Waals surface area contributed by atoms with Crippen LogP contribution in [0.15, 0.2) is 0 Å². The Morgan fingerprint density at radius 1 is 1.29 bits per heavy atom. The first-order valence-corrected chi connectivity index (χ1v) is 5.35. The van der Waals surface area contributed by atoms with Crippen molar-refractivity contribution in [2.24, 2.45) is 5.92 Å². The first kappa shape index (κ1) is 13.6. The van der Waals surface area contributed by atoms with E-state index in [2.05, 4.69) is 18.7 Å². The molecule has 84 valence electrons. The minimum absolute atomic E-state index is 0.0741. The molecule has 0 fully saturated rings. The Labute approximate surface area is 87.4 Å². The van der Waals surface area contributed by atoms with Crippen molar-refractivity contribution in [3.63, 3.8) is 0 Å². The molecule has 0 unspecified atom stereocenters. The smallest absolute Gasteiger partial charge is 0.154 e. The highest BCUT2D eigenvalue weighted by molar-refractivity contribution is 5.85. The lowest BCUT2D eigenvalue weighted by atomic mass is 10.0. The lowest BCUT2D eigenvalue weighted by molar-refractivity contribution is -0.129. The van der Waals surface area contributed by atoms with Crippen LogP contribution in [0, 0.1) is 5.92 Å². The van der Waals surface area contributed by atoms with E-state index >= 15 is 0 Å². The molecule has 0 N–H and O–H groups in total. The van der Waals surface area contributed by atoms with E-state index in [0.29, 0.717) is 6.61 Å². The molecule has 0 aliphatic carbocycles. The quantitative estimate of drug-likeness (QED) is 0.626. The monoisotopic (exact) mass is 201 g/mol. The molecule has 0 spiro atoms. The van der Waals surface area contributed by atoms with E-state index in [9.17, 15) is 4.79 Å². The number of nitrogens with zero attached hydrogens (tertiary/aromatic N) is 1. The van der Waals surface area contributed by atoms with Gasteiger partial charge in [-0.2, -0.15) is 0 Å². The normalized spacial score (nSPS) is 13.6. The maximum Gasteiger partial charge on any atom is 0.154 e. The van der Waals surface area contributed by atoms with Gasteiger partial charge in [0.05, 0.1) is 12.6 Å². The zero-order chi connectivity index (χ0) is 11.1. The number of carbonyl (C=O) groups excluding carboxylic acids is 1. The minimum Gasteiger partial charge on any atom is -0.383 e. The van der Waals surface area contributed by atoms with Crippen LogP contribution in [0.2, 0.25) is 0 Å². The van der Waals surface area contributed by atoms with Gasteiger partial charge in [0.1, 0.15) is 0 Å². The second-order valence-corrected chi connectivity index (χ2v) is 3.75. The van der Waals surface area contributed by atoms with Crippen molar-refractivity contribution in [1.82, 2.24) is 4.90 Å². The highest BCUT2D eigenvalue weighted by Gasteiger charge is 2.25. The summed E-state index contributed by atoms with van der Waals surface area (Å²) in [5.74, 6) is 0.353. The summed E-state index contributed by atoms with van der Waals surface area (Å²) in [5.41, 5.74) is 0. The van der Waals surface area contributed by atoms with Crippen LogP contribution in [0.4, 0.5) is 0 Å². The fraction of sp³-hybridized carbons (Fsp3) is 0.909. The second kappa shape index (κ2) is 6.96. The van der Waals surface area contributed by atoms with Crippen LogP contribution in [0.3, 0.4) is 0 Å². The van der Waals surface area contributed by atoms with Crippen LogP contribution >= 0.6 is 0 Å². The van der Waals surface area contributed by atoms with Gasteiger partial charge in [-0.25, -0.2) is 0 Å². The second-order valence-electron chi connectivity index (χ2n) is 3.75. The SMILES string of the molecule is CCN(CC)[C@@H](COC)C(=O)C(C)C. The third-order valence-corrected chi connectivity index (χ3v) is 2.48. The summed E-state index contributed by atoms with van der Waals surface area (Å²) >= 11 is 0. The third-order valence-electron chi connectivity index (χ3n) is 2.48. The van der Waals surface area contributed by atoms with E-state index in [1.54, 1.807) is 7.11 Å². The van der Waals surface area contributed by atoms with E-state index < -0.39 is 0 Å². The van der Waals surface area contributed by atoms with Crippen molar-refractivity contribution in [3.8, 4) is 0 Å².